The van der Waals surface area contributed by atoms with Crippen molar-refractivity contribution >= 4 is 5.78 Å². The molecule has 6 rings (SSSR count). The van der Waals surface area contributed by atoms with Gasteiger partial charge in [0.2, 0.25) is 0 Å². The molecule has 1 heteroatoms. The number of benzene rings is 6. The van der Waals surface area contributed by atoms with Crippen LogP contribution >= 0.6 is 0 Å². The van der Waals surface area contributed by atoms with Crippen molar-refractivity contribution in [3.63, 3.8) is 0 Å². The first-order chi connectivity index (χ1) is 30.3. The third-order valence-corrected chi connectivity index (χ3v) is 4.51. The molecule has 1 nitrogen and oxygen atoms in total. The summed E-state index contributed by atoms with van der Waals surface area (Å²) in [6, 6.07) is 69.2. The van der Waals surface area contributed by atoms with Crippen LogP contribution in [0.4, 0.5) is 0 Å². The van der Waals surface area contributed by atoms with Crippen LogP contribution in [0.15, 0.2) is 212 Å². The molecule has 6 aromatic carbocycles. The molecule has 0 aliphatic heterocycles. The third-order valence-electron chi connectivity index (χ3n) is 4.51. The zero-order valence-electron chi connectivity index (χ0n) is 44.6. The molecule has 0 aliphatic rings. The van der Waals surface area contributed by atoms with Crippen molar-refractivity contribution in [3.05, 3.63) is 218 Å². The van der Waals surface area contributed by atoms with Gasteiger partial charge in [0.05, 0.1) is 0 Å². The summed E-state index contributed by atoms with van der Waals surface area (Å²) in [5, 5.41) is 0. The second kappa shape index (κ2) is 124. The molecular weight excluding hydrogens is 737 g/mol. The predicted octanol–water partition coefficient (Wildman–Crippen LogP) is 21.6. The Bertz CT molecular complexity index is 911. The number of hydrogen-bond donors (Lipinski definition) is 0. The number of ketones is 1. The smallest absolute Gasteiger partial charge is 0.159 e. The Morgan fingerprint density at radius 3 is 0.344 bits per heavy atom. The minimum absolute atomic E-state index is 0.121. The topological polar surface area (TPSA) is 17.1 Å². The Labute approximate surface area is 386 Å². The van der Waals surface area contributed by atoms with Gasteiger partial charge in [0.25, 0.3) is 0 Å². The molecular formula is C60H104O. The van der Waals surface area contributed by atoms with Crippen molar-refractivity contribution in [3.8, 4) is 0 Å². The van der Waals surface area contributed by atoms with Crippen molar-refractivity contribution in [2.75, 3.05) is 0 Å². The molecule has 0 heterocycles. The van der Waals surface area contributed by atoms with E-state index >= 15 is 0 Å². The van der Waals surface area contributed by atoms with Crippen LogP contribution in [0.3, 0.4) is 0 Å². The zero-order chi connectivity index (χ0) is 49.9. The van der Waals surface area contributed by atoms with Gasteiger partial charge < -0.3 is 0 Å². The summed E-state index contributed by atoms with van der Waals surface area (Å²) < 4.78 is 0. The number of hydrogen-bond acceptors (Lipinski definition) is 1. The standard InChI is InChI=1S/C8H8O.5C6H6.11C2H6/c1-7(9)8-5-3-2-4-6-8;5*1-2-4-6-5-3-1;11*1-2/h2-6H,1H3;5*1-6H;11*1-2H3. The predicted molar refractivity (Wildman–Crippen MR) is 293 cm³/mol. The maximum Gasteiger partial charge on any atom is 0.159 e. The Hall–Kier alpha value is -5.01. The lowest BCUT2D eigenvalue weighted by Gasteiger charge is -1.89. The van der Waals surface area contributed by atoms with E-state index in [1.807, 2.05) is 365 Å². The highest BCUT2D eigenvalue weighted by atomic mass is 16.1. The fourth-order valence-corrected chi connectivity index (χ4v) is 2.60. The van der Waals surface area contributed by atoms with E-state index in [9.17, 15) is 4.79 Å². The molecule has 61 heavy (non-hydrogen) atoms. The van der Waals surface area contributed by atoms with E-state index in [1.54, 1.807) is 6.92 Å². The van der Waals surface area contributed by atoms with Crippen molar-refractivity contribution in [1.82, 2.24) is 0 Å². The summed E-state index contributed by atoms with van der Waals surface area (Å²) in [6.45, 7) is 45.6. The van der Waals surface area contributed by atoms with Gasteiger partial charge in [-0.3, -0.25) is 4.79 Å². The number of rotatable bonds is 1. The number of Topliss-reactive ketones (excluding diaryl/α,β-unsaturated/α-hetero) is 1. The fourth-order valence-electron chi connectivity index (χ4n) is 2.60. The first-order valence-electron chi connectivity index (χ1n) is 23.9. The van der Waals surface area contributed by atoms with Crippen LogP contribution in [0.1, 0.15) is 170 Å². The van der Waals surface area contributed by atoms with E-state index in [4.69, 9.17) is 0 Å². The van der Waals surface area contributed by atoms with Gasteiger partial charge in [-0.1, -0.05) is 365 Å². The van der Waals surface area contributed by atoms with Gasteiger partial charge in [0.15, 0.2) is 5.78 Å². The number of carbonyl (C=O) groups excluding carboxylic acids is 1. The van der Waals surface area contributed by atoms with E-state index in [0.717, 1.165) is 5.56 Å². The van der Waals surface area contributed by atoms with Crippen LogP contribution in [0, 0.1) is 0 Å². The first kappa shape index (κ1) is 83.6. The largest absolute Gasteiger partial charge is 0.295 e. The lowest BCUT2D eigenvalue weighted by Crippen LogP contribution is -1.88. The highest BCUT2D eigenvalue weighted by Crippen LogP contribution is 1.97. The number of carbonyl (C=O) groups is 1. The lowest BCUT2D eigenvalue weighted by atomic mass is 10.2. The van der Waals surface area contributed by atoms with Crippen LogP contribution in [0.25, 0.3) is 0 Å². The van der Waals surface area contributed by atoms with Gasteiger partial charge in [-0.15, -0.1) is 0 Å². The summed E-state index contributed by atoms with van der Waals surface area (Å²) in [5.74, 6) is 0.121. The molecule has 350 valence electrons. The molecule has 0 bridgehead atoms. The van der Waals surface area contributed by atoms with Crippen molar-refractivity contribution in [1.29, 1.82) is 0 Å². The average molecular weight is 841 g/mol. The normalized spacial score (nSPS) is 6.34. The van der Waals surface area contributed by atoms with Gasteiger partial charge >= 0.3 is 0 Å². The molecule has 0 fully saturated rings. The van der Waals surface area contributed by atoms with E-state index in [0.29, 0.717) is 0 Å². The molecule has 0 spiro atoms. The van der Waals surface area contributed by atoms with E-state index in [2.05, 4.69) is 0 Å². The van der Waals surface area contributed by atoms with Crippen LogP contribution in [-0.4, -0.2) is 5.78 Å². The monoisotopic (exact) mass is 841 g/mol. The highest BCUT2D eigenvalue weighted by molar-refractivity contribution is 5.93. The molecule has 0 aliphatic carbocycles. The third kappa shape index (κ3) is 113. The van der Waals surface area contributed by atoms with Crippen LogP contribution < -0.4 is 0 Å². The van der Waals surface area contributed by atoms with Gasteiger partial charge in [0, 0.05) is 5.56 Å². The highest BCUT2D eigenvalue weighted by Gasteiger charge is 1.92. The maximum absolute atomic E-state index is 10.6. The van der Waals surface area contributed by atoms with Crippen molar-refractivity contribution in [2.24, 2.45) is 0 Å². The molecule has 0 unspecified atom stereocenters. The molecule has 0 radical (unpaired) electrons. The Morgan fingerprint density at radius 1 is 0.197 bits per heavy atom. The Balaban J connectivity index is -0.0000000503. The molecule has 0 saturated carbocycles. The molecule has 0 saturated heterocycles. The summed E-state index contributed by atoms with van der Waals surface area (Å²) in [6.07, 6.45) is 0. The van der Waals surface area contributed by atoms with Gasteiger partial charge in [-0.2, -0.15) is 0 Å². The average Bonchev–Trinajstić information content (AvgIpc) is 3.44. The quantitative estimate of drug-likeness (QED) is 0.151. The van der Waals surface area contributed by atoms with E-state index in [1.165, 1.54) is 0 Å². The van der Waals surface area contributed by atoms with Crippen LogP contribution in [-0.2, 0) is 0 Å². The zero-order valence-corrected chi connectivity index (χ0v) is 44.6. The SMILES string of the molecule is CC.CC.CC.CC.CC.CC.CC.CC.CC.CC.CC.CC(=O)c1ccccc1.c1ccccc1.c1ccccc1.c1ccccc1.c1ccccc1.c1ccccc1. The van der Waals surface area contributed by atoms with Crippen LogP contribution in [0.2, 0.25) is 0 Å². The van der Waals surface area contributed by atoms with E-state index in [-0.39, 0.29) is 5.78 Å². The molecule has 0 N–H and O–H groups in total. The van der Waals surface area contributed by atoms with Crippen molar-refractivity contribution in [2.45, 2.75) is 159 Å². The molecule has 6 aromatic rings. The van der Waals surface area contributed by atoms with E-state index < -0.39 is 0 Å². The summed E-state index contributed by atoms with van der Waals surface area (Å²) >= 11 is 0. The minimum atomic E-state index is 0.121. The maximum atomic E-state index is 10.6. The lowest BCUT2D eigenvalue weighted by molar-refractivity contribution is 0.101. The molecule has 0 atom stereocenters. The molecule has 0 amide bonds. The summed E-state index contributed by atoms with van der Waals surface area (Å²) in [4.78, 5) is 10.6. The molecule has 0 aromatic heterocycles. The second-order valence-electron chi connectivity index (χ2n) is 7.70. The Kier molecular flexibility index (Phi) is 170. The summed E-state index contributed by atoms with van der Waals surface area (Å²) in [5.41, 5.74) is 0.775. The summed E-state index contributed by atoms with van der Waals surface area (Å²) in [7, 11) is 0. The van der Waals surface area contributed by atoms with Crippen LogP contribution in [0.5, 0.6) is 0 Å². The van der Waals surface area contributed by atoms with Gasteiger partial charge in [0.1, 0.15) is 0 Å². The Morgan fingerprint density at radius 2 is 0.279 bits per heavy atom. The van der Waals surface area contributed by atoms with Crippen molar-refractivity contribution < 1.29 is 4.79 Å². The fraction of sp³-hybridized carbons (Fsp3) is 0.383. The first-order valence-corrected chi connectivity index (χ1v) is 23.9. The minimum Gasteiger partial charge on any atom is -0.295 e. The van der Waals surface area contributed by atoms with Gasteiger partial charge in [-0.05, 0) is 6.92 Å². The van der Waals surface area contributed by atoms with Gasteiger partial charge in [-0.25, -0.2) is 0 Å². The second-order valence-corrected chi connectivity index (χ2v) is 7.70.